The summed E-state index contributed by atoms with van der Waals surface area (Å²) >= 11 is 1.57. The number of hydrogen-bond acceptors (Lipinski definition) is 6. The van der Waals surface area contributed by atoms with Gasteiger partial charge < -0.3 is 15.4 Å². The fourth-order valence-corrected chi connectivity index (χ4v) is 5.40. The number of rotatable bonds is 4. The first kappa shape index (κ1) is 18.5. The van der Waals surface area contributed by atoms with Crippen molar-refractivity contribution in [2.75, 3.05) is 19.7 Å². The van der Waals surface area contributed by atoms with E-state index in [4.69, 9.17) is 4.74 Å². The van der Waals surface area contributed by atoms with Crippen LogP contribution in [-0.4, -0.2) is 40.8 Å². The molecule has 2 aromatic heterocycles. The van der Waals surface area contributed by atoms with Crippen molar-refractivity contribution >= 4 is 17.2 Å². The summed E-state index contributed by atoms with van der Waals surface area (Å²) in [6.45, 7) is 2.94. The van der Waals surface area contributed by atoms with E-state index in [1.54, 1.807) is 11.3 Å². The SMILES string of the molecule is O=C(NCc1nc(-c2ccccc2)n[nH]1)c1cc2c(s1)C1(CCNCC1)OCC2. The number of carbonyl (C=O) groups is 1. The number of nitrogens with one attached hydrogen (secondary N) is 3. The first-order chi connectivity index (χ1) is 14.2. The lowest BCUT2D eigenvalue weighted by molar-refractivity contribution is -0.0771. The van der Waals surface area contributed by atoms with Gasteiger partial charge in [-0.05, 0) is 44.0 Å². The van der Waals surface area contributed by atoms with E-state index in [1.807, 2.05) is 36.4 Å². The Hall–Kier alpha value is -2.55. The lowest BCUT2D eigenvalue weighted by Crippen LogP contribution is -2.43. The molecule has 0 unspecified atom stereocenters. The molecule has 0 saturated carbocycles. The fraction of sp³-hybridized carbons (Fsp3) is 0.381. The third kappa shape index (κ3) is 3.59. The average Bonchev–Trinajstić information content (AvgIpc) is 3.42. The van der Waals surface area contributed by atoms with Crippen LogP contribution in [0.3, 0.4) is 0 Å². The molecule has 5 rings (SSSR count). The molecule has 1 fully saturated rings. The van der Waals surface area contributed by atoms with Crippen LogP contribution in [0.15, 0.2) is 36.4 Å². The molecular weight excluding hydrogens is 386 g/mol. The van der Waals surface area contributed by atoms with E-state index >= 15 is 0 Å². The van der Waals surface area contributed by atoms with Gasteiger partial charge in [0, 0.05) is 10.4 Å². The number of piperidine rings is 1. The van der Waals surface area contributed by atoms with Gasteiger partial charge in [0.05, 0.1) is 18.0 Å². The van der Waals surface area contributed by atoms with Crippen molar-refractivity contribution in [1.29, 1.82) is 0 Å². The van der Waals surface area contributed by atoms with Crippen molar-refractivity contribution < 1.29 is 9.53 Å². The second-order valence-electron chi connectivity index (χ2n) is 7.46. The van der Waals surface area contributed by atoms with Gasteiger partial charge in [0.15, 0.2) is 5.82 Å². The summed E-state index contributed by atoms with van der Waals surface area (Å²) in [6.07, 6.45) is 2.79. The van der Waals surface area contributed by atoms with E-state index in [0.29, 0.717) is 18.2 Å². The van der Waals surface area contributed by atoms with Crippen LogP contribution in [0.5, 0.6) is 0 Å². The van der Waals surface area contributed by atoms with Gasteiger partial charge in [-0.1, -0.05) is 30.3 Å². The van der Waals surface area contributed by atoms with E-state index < -0.39 is 0 Å². The minimum Gasteiger partial charge on any atom is -0.369 e. The highest BCUT2D eigenvalue weighted by atomic mass is 32.1. The molecule has 0 aliphatic carbocycles. The van der Waals surface area contributed by atoms with Crippen molar-refractivity contribution in [2.24, 2.45) is 0 Å². The molecule has 2 aliphatic heterocycles. The maximum absolute atomic E-state index is 12.8. The Morgan fingerprint density at radius 3 is 2.90 bits per heavy atom. The van der Waals surface area contributed by atoms with Crippen LogP contribution in [0.1, 0.15) is 38.8 Å². The predicted octanol–water partition coefficient (Wildman–Crippen LogP) is 2.61. The first-order valence-corrected chi connectivity index (χ1v) is 10.8. The van der Waals surface area contributed by atoms with Gasteiger partial charge in [-0.25, -0.2) is 4.98 Å². The van der Waals surface area contributed by atoms with E-state index in [2.05, 4.69) is 25.8 Å². The fourth-order valence-electron chi connectivity index (χ4n) is 4.08. The molecule has 1 saturated heterocycles. The molecule has 29 heavy (non-hydrogen) atoms. The Bertz CT molecular complexity index is 1010. The van der Waals surface area contributed by atoms with Crippen LogP contribution >= 0.6 is 11.3 Å². The van der Waals surface area contributed by atoms with E-state index in [1.165, 1.54) is 10.4 Å². The maximum Gasteiger partial charge on any atom is 0.261 e. The lowest BCUT2D eigenvalue weighted by atomic mass is 9.86. The minimum atomic E-state index is -0.211. The number of benzene rings is 1. The average molecular weight is 410 g/mol. The molecule has 8 heteroatoms. The van der Waals surface area contributed by atoms with Crippen LogP contribution < -0.4 is 10.6 Å². The van der Waals surface area contributed by atoms with Gasteiger partial charge in [-0.3, -0.25) is 9.89 Å². The monoisotopic (exact) mass is 409 g/mol. The second kappa shape index (κ2) is 7.70. The number of aromatic nitrogens is 3. The topological polar surface area (TPSA) is 91.9 Å². The molecule has 0 radical (unpaired) electrons. The van der Waals surface area contributed by atoms with Crippen LogP contribution in [-0.2, 0) is 23.3 Å². The zero-order chi connectivity index (χ0) is 19.7. The summed E-state index contributed by atoms with van der Waals surface area (Å²) in [4.78, 5) is 19.2. The molecule has 0 atom stereocenters. The zero-order valence-corrected chi connectivity index (χ0v) is 16.8. The number of ether oxygens (including phenoxy) is 1. The zero-order valence-electron chi connectivity index (χ0n) is 16.0. The molecule has 3 aromatic rings. The Labute approximate surface area is 172 Å². The Morgan fingerprint density at radius 2 is 2.07 bits per heavy atom. The molecule has 0 bridgehead atoms. The Balaban J connectivity index is 1.28. The highest BCUT2D eigenvalue weighted by molar-refractivity contribution is 7.14. The second-order valence-corrected chi connectivity index (χ2v) is 8.51. The first-order valence-electron chi connectivity index (χ1n) is 9.96. The predicted molar refractivity (Wildman–Crippen MR) is 111 cm³/mol. The number of nitrogens with zero attached hydrogens (tertiary/aromatic N) is 2. The number of hydrogen-bond donors (Lipinski definition) is 3. The van der Waals surface area contributed by atoms with Crippen molar-refractivity contribution in [3.05, 3.63) is 57.5 Å². The lowest BCUT2D eigenvalue weighted by Gasteiger charge is -2.40. The van der Waals surface area contributed by atoms with Crippen LogP contribution in [0.2, 0.25) is 0 Å². The van der Waals surface area contributed by atoms with E-state index in [9.17, 15) is 4.79 Å². The Kier molecular flexibility index (Phi) is 4.91. The maximum atomic E-state index is 12.8. The van der Waals surface area contributed by atoms with Gasteiger partial charge in [0.25, 0.3) is 5.91 Å². The number of fused-ring (bicyclic) bond motifs is 2. The third-order valence-electron chi connectivity index (χ3n) is 5.59. The number of amides is 1. The standard InChI is InChI=1S/C21H23N5O2S/c27-20(23-13-17-24-19(26-25-17)14-4-2-1-3-5-14)16-12-15-6-11-28-21(18(15)29-16)7-9-22-10-8-21/h1-5,12,22H,6-11,13H2,(H,23,27)(H,24,25,26). The number of thiophene rings is 1. The molecular formula is C21H23N5O2S. The highest BCUT2D eigenvalue weighted by Gasteiger charge is 2.41. The van der Waals surface area contributed by atoms with Crippen molar-refractivity contribution in [3.8, 4) is 11.4 Å². The summed E-state index contributed by atoms with van der Waals surface area (Å²) in [5.74, 6) is 1.19. The quantitative estimate of drug-likeness (QED) is 0.616. The van der Waals surface area contributed by atoms with Crippen molar-refractivity contribution in [1.82, 2.24) is 25.8 Å². The number of aromatic amines is 1. The molecule has 3 N–H and O–H groups in total. The van der Waals surface area contributed by atoms with Gasteiger partial charge in [0.1, 0.15) is 11.4 Å². The summed E-state index contributed by atoms with van der Waals surface area (Å²) in [7, 11) is 0. The van der Waals surface area contributed by atoms with E-state index in [-0.39, 0.29) is 11.5 Å². The smallest absolute Gasteiger partial charge is 0.261 e. The molecule has 2 aliphatic rings. The molecule has 7 nitrogen and oxygen atoms in total. The number of carbonyl (C=O) groups excluding carboxylic acids is 1. The Morgan fingerprint density at radius 1 is 1.24 bits per heavy atom. The molecule has 4 heterocycles. The normalized spacial score (nSPS) is 17.8. The van der Waals surface area contributed by atoms with Crippen LogP contribution in [0, 0.1) is 0 Å². The van der Waals surface area contributed by atoms with Gasteiger partial charge in [-0.15, -0.1) is 11.3 Å². The van der Waals surface area contributed by atoms with Crippen molar-refractivity contribution in [2.45, 2.75) is 31.4 Å². The minimum absolute atomic E-state index is 0.0776. The van der Waals surface area contributed by atoms with Crippen LogP contribution in [0.25, 0.3) is 11.4 Å². The third-order valence-corrected chi connectivity index (χ3v) is 6.95. The summed E-state index contributed by atoms with van der Waals surface area (Å²) in [5.41, 5.74) is 2.00. The van der Waals surface area contributed by atoms with Crippen molar-refractivity contribution in [3.63, 3.8) is 0 Å². The van der Waals surface area contributed by atoms with Crippen LogP contribution in [0.4, 0.5) is 0 Å². The molecule has 150 valence electrons. The number of H-pyrrole nitrogens is 1. The van der Waals surface area contributed by atoms with Gasteiger partial charge in [-0.2, -0.15) is 5.10 Å². The summed E-state index contributed by atoms with van der Waals surface area (Å²) in [5, 5.41) is 13.5. The molecule has 1 aromatic carbocycles. The summed E-state index contributed by atoms with van der Waals surface area (Å²) < 4.78 is 6.22. The summed E-state index contributed by atoms with van der Waals surface area (Å²) in [6, 6.07) is 11.8. The molecule has 1 amide bonds. The van der Waals surface area contributed by atoms with E-state index in [0.717, 1.165) is 49.4 Å². The van der Waals surface area contributed by atoms with Gasteiger partial charge in [0.2, 0.25) is 0 Å². The highest BCUT2D eigenvalue weighted by Crippen LogP contribution is 2.44. The molecule has 1 spiro atoms. The largest absolute Gasteiger partial charge is 0.369 e. The van der Waals surface area contributed by atoms with Gasteiger partial charge >= 0.3 is 0 Å².